The van der Waals surface area contributed by atoms with Crippen molar-refractivity contribution in [2.45, 2.75) is 32.1 Å². The van der Waals surface area contributed by atoms with Crippen LogP contribution in [-0.4, -0.2) is 19.1 Å². The van der Waals surface area contributed by atoms with Gasteiger partial charge in [0.2, 0.25) is 5.91 Å². The monoisotopic (exact) mass is 288 g/mol. The number of carbonyl (C=O) groups is 1. The highest BCUT2D eigenvalue weighted by atomic mass is 16.5. The first-order valence-corrected chi connectivity index (χ1v) is 8.00. The van der Waals surface area contributed by atoms with Gasteiger partial charge < -0.3 is 15.8 Å². The van der Waals surface area contributed by atoms with E-state index in [2.05, 4.69) is 5.32 Å². The average molecular weight is 288 g/mol. The Bertz CT molecular complexity index is 482. The predicted molar refractivity (Wildman–Crippen MR) is 83.2 cm³/mol. The molecule has 21 heavy (non-hydrogen) atoms. The fraction of sp³-hybridized carbons (Fsp3) is 0.588. The first kappa shape index (κ1) is 14.4. The van der Waals surface area contributed by atoms with E-state index in [0.29, 0.717) is 12.5 Å². The quantitative estimate of drug-likeness (QED) is 0.846. The highest BCUT2D eigenvalue weighted by Crippen LogP contribution is 2.32. The summed E-state index contributed by atoms with van der Waals surface area (Å²) in [5, 5.41) is 3.00. The Morgan fingerprint density at radius 2 is 1.95 bits per heavy atom. The van der Waals surface area contributed by atoms with E-state index in [1.165, 1.54) is 12.8 Å². The molecule has 0 bridgehead atoms. The van der Waals surface area contributed by atoms with Crippen LogP contribution in [0, 0.1) is 17.8 Å². The van der Waals surface area contributed by atoms with E-state index in [1.54, 1.807) is 0 Å². The Labute approximate surface area is 126 Å². The Balaban J connectivity index is 1.52. The second kappa shape index (κ2) is 6.48. The van der Waals surface area contributed by atoms with E-state index >= 15 is 0 Å². The number of hydrogen-bond acceptors (Lipinski definition) is 3. The Hall–Kier alpha value is -1.55. The highest BCUT2D eigenvalue weighted by Gasteiger charge is 2.31. The van der Waals surface area contributed by atoms with Gasteiger partial charge in [-0.3, -0.25) is 4.79 Å². The predicted octanol–water partition coefficient (Wildman–Crippen LogP) is 2.79. The lowest BCUT2D eigenvalue weighted by molar-refractivity contribution is -0.120. The van der Waals surface area contributed by atoms with Crippen LogP contribution in [0.4, 0.5) is 5.69 Å². The normalized spacial score (nSPS) is 24.8. The molecule has 2 aliphatic rings. The summed E-state index contributed by atoms with van der Waals surface area (Å²) in [6.07, 6.45) is 5.71. The van der Waals surface area contributed by atoms with Crippen LogP contribution in [-0.2, 0) is 4.79 Å². The lowest BCUT2D eigenvalue weighted by Gasteiger charge is -2.17. The first-order chi connectivity index (χ1) is 10.3. The van der Waals surface area contributed by atoms with E-state index < -0.39 is 0 Å². The smallest absolute Gasteiger partial charge is 0.227 e. The third-order valence-corrected chi connectivity index (χ3v) is 4.60. The molecule has 1 aromatic carbocycles. The molecule has 114 valence electrons. The topological polar surface area (TPSA) is 64.4 Å². The van der Waals surface area contributed by atoms with Crippen molar-refractivity contribution in [3.05, 3.63) is 24.3 Å². The van der Waals surface area contributed by atoms with Crippen LogP contribution in [0.2, 0.25) is 0 Å². The average Bonchev–Trinajstić information content (AvgIpc) is 3.21. The molecule has 4 heteroatoms. The van der Waals surface area contributed by atoms with Gasteiger partial charge in [0.25, 0.3) is 0 Å². The van der Waals surface area contributed by atoms with Gasteiger partial charge in [-0.15, -0.1) is 0 Å². The van der Waals surface area contributed by atoms with Crippen LogP contribution >= 0.6 is 0 Å². The molecular formula is C17H24N2O2. The molecule has 0 radical (unpaired) electrons. The summed E-state index contributed by atoms with van der Waals surface area (Å²) in [6.45, 7) is 1.41. The number of anilines is 1. The molecule has 3 rings (SSSR count). The number of amides is 1. The van der Waals surface area contributed by atoms with Gasteiger partial charge in [0, 0.05) is 11.6 Å². The van der Waals surface area contributed by atoms with Crippen molar-refractivity contribution in [3.8, 4) is 5.75 Å². The van der Waals surface area contributed by atoms with Gasteiger partial charge in [-0.05, 0) is 68.3 Å². The third-order valence-electron chi connectivity index (χ3n) is 4.60. The minimum absolute atomic E-state index is 0.0702. The largest absolute Gasteiger partial charge is 0.493 e. The fourth-order valence-corrected chi connectivity index (χ4v) is 3.03. The van der Waals surface area contributed by atoms with Gasteiger partial charge in [-0.25, -0.2) is 0 Å². The van der Waals surface area contributed by atoms with Crippen molar-refractivity contribution in [2.75, 3.05) is 18.5 Å². The number of carbonyl (C=O) groups excluding carboxylic acids is 1. The van der Waals surface area contributed by atoms with Crippen LogP contribution in [0.3, 0.4) is 0 Å². The Kier molecular flexibility index (Phi) is 4.44. The molecule has 1 amide bonds. The zero-order valence-electron chi connectivity index (χ0n) is 12.4. The summed E-state index contributed by atoms with van der Waals surface area (Å²) in [4.78, 5) is 12.3. The lowest BCUT2D eigenvalue weighted by atomic mass is 9.95. The standard InChI is InChI=1S/C17H24N2O2/c18-10-13-2-1-3-16(13)17(20)19-14-6-8-15(9-7-14)21-11-12-4-5-12/h6-9,12-13,16H,1-5,10-11,18H2,(H,19,20)/t13-,16-/m1/s1. The van der Waals surface area contributed by atoms with Crippen molar-refractivity contribution in [1.82, 2.24) is 0 Å². The number of nitrogens with one attached hydrogen (secondary N) is 1. The summed E-state index contributed by atoms with van der Waals surface area (Å²) in [5.74, 6) is 2.14. The molecule has 2 aliphatic carbocycles. The first-order valence-electron chi connectivity index (χ1n) is 8.00. The molecule has 0 aliphatic heterocycles. The maximum atomic E-state index is 12.3. The molecule has 1 aromatic rings. The van der Waals surface area contributed by atoms with E-state index in [9.17, 15) is 4.79 Å². The van der Waals surface area contributed by atoms with Crippen LogP contribution in [0.5, 0.6) is 5.75 Å². The van der Waals surface area contributed by atoms with Crippen molar-refractivity contribution < 1.29 is 9.53 Å². The molecule has 4 nitrogen and oxygen atoms in total. The Morgan fingerprint density at radius 1 is 1.19 bits per heavy atom. The zero-order chi connectivity index (χ0) is 14.7. The molecule has 0 unspecified atom stereocenters. The number of benzene rings is 1. The SMILES string of the molecule is NC[C@H]1CCC[C@H]1C(=O)Nc1ccc(OCC2CC2)cc1. The molecule has 3 N–H and O–H groups in total. The van der Waals surface area contributed by atoms with Gasteiger partial charge in [-0.2, -0.15) is 0 Å². The minimum atomic E-state index is 0.0702. The van der Waals surface area contributed by atoms with E-state index in [4.69, 9.17) is 10.5 Å². The van der Waals surface area contributed by atoms with Crippen molar-refractivity contribution >= 4 is 11.6 Å². The summed E-state index contributed by atoms with van der Waals surface area (Å²) in [6, 6.07) is 7.67. The molecule has 0 spiro atoms. The second-order valence-corrected chi connectivity index (χ2v) is 6.30. The van der Waals surface area contributed by atoms with Gasteiger partial charge in [-0.1, -0.05) is 6.42 Å². The molecular weight excluding hydrogens is 264 g/mol. The van der Waals surface area contributed by atoms with E-state index in [-0.39, 0.29) is 11.8 Å². The van der Waals surface area contributed by atoms with Crippen LogP contribution < -0.4 is 15.8 Å². The van der Waals surface area contributed by atoms with Crippen LogP contribution in [0.25, 0.3) is 0 Å². The van der Waals surface area contributed by atoms with Crippen molar-refractivity contribution in [3.63, 3.8) is 0 Å². The zero-order valence-corrected chi connectivity index (χ0v) is 12.4. The minimum Gasteiger partial charge on any atom is -0.493 e. The van der Waals surface area contributed by atoms with Crippen molar-refractivity contribution in [1.29, 1.82) is 0 Å². The molecule has 0 saturated heterocycles. The summed E-state index contributed by atoms with van der Waals surface area (Å²) in [5.41, 5.74) is 6.58. The fourth-order valence-electron chi connectivity index (χ4n) is 3.03. The highest BCUT2D eigenvalue weighted by molar-refractivity contribution is 5.93. The van der Waals surface area contributed by atoms with Gasteiger partial charge in [0.1, 0.15) is 5.75 Å². The van der Waals surface area contributed by atoms with Gasteiger partial charge in [0.05, 0.1) is 6.61 Å². The number of ether oxygens (including phenoxy) is 1. The summed E-state index contributed by atoms with van der Waals surface area (Å²) < 4.78 is 5.69. The summed E-state index contributed by atoms with van der Waals surface area (Å²) in [7, 11) is 0. The molecule has 2 atom stereocenters. The van der Waals surface area contributed by atoms with E-state index in [1.807, 2.05) is 24.3 Å². The summed E-state index contributed by atoms with van der Waals surface area (Å²) >= 11 is 0. The van der Waals surface area contributed by atoms with Gasteiger partial charge in [0.15, 0.2) is 0 Å². The third kappa shape index (κ3) is 3.76. The Morgan fingerprint density at radius 3 is 2.62 bits per heavy atom. The molecule has 0 aromatic heterocycles. The molecule has 0 heterocycles. The molecule has 2 fully saturated rings. The van der Waals surface area contributed by atoms with Crippen molar-refractivity contribution in [2.24, 2.45) is 23.5 Å². The second-order valence-electron chi connectivity index (χ2n) is 6.30. The maximum absolute atomic E-state index is 12.3. The van der Waals surface area contributed by atoms with Gasteiger partial charge >= 0.3 is 0 Å². The van der Waals surface area contributed by atoms with Crippen LogP contribution in [0.15, 0.2) is 24.3 Å². The number of hydrogen-bond donors (Lipinski definition) is 2. The van der Waals surface area contributed by atoms with E-state index in [0.717, 1.165) is 43.2 Å². The number of nitrogens with two attached hydrogens (primary N) is 1. The lowest BCUT2D eigenvalue weighted by Crippen LogP contribution is -2.29. The number of rotatable bonds is 6. The molecule has 2 saturated carbocycles. The van der Waals surface area contributed by atoms with Crippen LogP contribution in [0.1, 0.15) is 32.1 Å². The maximum Gasteiger partial charge on any atom is 0.227 e.